The number of carbonyl (C=O) groups excluding carboxylic acids is 2. The highest BCUT2D eigenvalue weighted by atomic mass is 16.4. The molecule has 8 heteroatoms. The van der Waals surface area contributed by atoms with E-state index in [0.717, 1.165) is 0 Å². The van der Waals surface area contributed by atoms with Gasteiger partial charge in [-0.1, -0.05) is 6.07 Å². The second kappa shape index (κ2) is 7.16. The summed E-state index contributed by atoms with van der Waals surface area (Å²) in [4.78, 5) is 40.9. The molecule has 130 valence electrons. The van der Waals surface area contributed by atoms with Gasteiger partial charge in [-0.25, -0.2) is 9.78 Å². The van der Waals surface area contributed by atoms with Gasteiger partial charge in [-0.05, 0) is 31.0 Å². The molecule has 0 bridgehead atoms. The van der Waals surface area contributed by atoms with Crippen LogP contribution in [0.25, 0.3) is 0 Å². The maximum absolute atomic E-state index is 12.2. The number of nitrogens with zero attached hydrogens (tertiary/aromatic N) is 2. The summed E-state index contributed by atoms with van der Waals surface area (Å²) >= 11 is 0. The molecule has 0 aliphatic carbocycles. The van der Waals surface area contributed by atoms with Crippen LogP contribution in [0.2, 0.25) is 0 Å². The van der Waals surface area contributed by atoms with Gasteiger partial charge in [0.1, 0.15) is 17.7 Å². The molecule has 8 nitrogen and oxygen atoms in total. The van der Waals surface area contributed by atoms with Crippen molar-refractivity contribution in [3.63, 3.8) is 0 Å². The molecular weight excluding hydrogens is 326 g/mol. The van der Waals surface area contributed by atoms with Crippen LogP contribution in [0.3, 0.4) is 0 Å². The van der Waals surface area contributed by atoms with Crippen molar-refractivity contribution >= 4 is 17.8 Å². The van der Waals surface area contributed by atoms with E-state index in [1.54, 1.807) is 11.0 Å². The maximum atomic E-state index is 12.2. The Bertz CT molecular complexity index is 779. The van der Waals surface area contributed by atoms with E-state index >= 15 is 0 Å². The Kier molecular flexibility index (Phi) is 4.78. The zero-order valence-electron chi connectivity index (χ0n) is 13.3. The zero-order chi connectivity index (χ0) is 17.8. The van der Waals surface area contributed by atoms with E-state index in [9.17, 15) is 14.4 Å². The smallest absolute Gasteiger partial charge is 0.354 e. The number of nitrogens with one attached hydrogen (secondary N) is 1. The summed E-state index contributed by atoms with van der Waals surface area (Å²) < 4.78 is 4.92. The molecule has 2 N–H and O–H groups in total. The van der Waals surface area contributed by atoms with E-state index in [4.69, 9.17) is 9.52 Å². The molecule has 0 radical (unpaired) electrons. The first-order valence-corrected chi connectivity index (χ1v) is 7.87. The number of aromatic nitrogens is 1. The van der Waals surface area contributed by atoms with Crippen LogP contribution < -0.4 is 5.32 Å². The predicted octanol–water partition coefficient (Wildman–Crippen LogP) is 1.41. The van der Waals surface area contributed by atoms with E-state index in [1.807, 2.05) is 0 Å². The lowest BCUT2D eigenvalue weighted by Crippen LogP contribution is -2.46. The number of carboxylic acids is 1. The molecule has 1 aliphatic heterocycles. The van der Waals surface area contributed by atoms with Gasteiger partial charge in [-0.2, -0.15) is 0 Å². The highest BCUT2D eigenvalue weighted by Gasteiger charge is 2.25. The van der Waals surface area contributed by atoms with Crippen LogP contribution in [-0.4, -0.2) is 51.9 Å². The average Bonchev–Trinajstić information content (AvgIpc) is 3.16. The second-order valence-corrected chi connectivity index (χ2v) is 5.77. The highest BCUT2D eigenvalue weighted by Crippen LogP contribution is 2.15. The molecule has 1 aliphatic rings. The first kappa shape index (κ1) is 16.7. The average molecular weight is 343 g/mol. The van der Waals surface area contributed by atoms with Crippen LogP contribution >= 0.6 is 0 Å². The van der Waals surface area contributed by atoms with E-state index in [0.29, 0.717) is 31.5 Å². The van der Waals surface area contributed by atoms with Gasteiger partial charge in [0.2, 0.25) is 0 Å². The lowest BCUT2D eigenvalue weighted by Gasteiger charge is -2.32. The van der Waals surface area contributed by atoms with Crippen molar-refractivity contribution in [3.8, 4) is 0 Å². The molecule has 2 aromatic rings. The first-order chi connectivity index (χ1) is 12.0. The Balaban J connectivity index is 1.55. The Hall–Kier alpha value is -3.16. The third kappa shape index (κ3) is 3.85. The lowest BCUT2D eigenvalue weighted by atomic mass is 10.0. The number of pyridine rings is 1. The van der Waals surface area contributed by atoms with Crippen molar-refractivity contribution < 1.29 is 23.9 Å². The van der Waals surface area contributed by atoms with Crippen LogP contribution in [0.15, 0.2) is 41.2 Å². The SMILES string of the molecule is O=C(O)c1cccc(C(=O)NC2CCN(C(=O)c3ccoc3)CC2)n1. The summed E-state index contributed by atoms with van der Waals surface area (Å²) in [5, 5.41) is 11.8. The number of hydrogen-bond donors (Lipinski definition) is 2. The largest absolute Gasteiger partial charge is 0.477 e. The highest BCUT2D eigenvalue weighted by molar-refractivity contribution is 5.95. The number of carbonyl (C=O) groups is 3. The minimum atomic E-state index is -1.18. The molecule has 1 saturated heterocycles. The number of furan rings is 1. The van der Waals surface area contributed by atoms with E-state index in [-0.39, 0.29) is 23.3 Å². The van der Waals surface area contributed by atoms with Crippen LogP contribution in [0, 0.1) is 0 Å². The molecule has 0 saturated carbocycles. The fourth-order valence-electron chi connectivity index (χ4n) is 2.74. The van der Waals surface area contributed by atoms with E-state index < -0.39 is 11.9 Å². The van der Waals surface area contributed by atoms with Crippen LogP contribution in [-0.2, 0) is 0 Å². The normalized spacial score (nSPS) is 15.0. The van der Waals surface area contributed by atoms with Gasteiger partial charge in [0, 0.05) is 19.1 Å². The van der Waals surface area contributed by atoms with E-state index in [1.165, 1.54) is 30.7 Å². The molecule has 2 amide bonds. The summed E-state index contributed by atoms with van der Waals surface area (Å²) in [5.41, 5.74) is 0.405. The molecule has 2 aromatic heterocycles. The summed E-state index contributed by atoms with van der Waals surface area (Å²) in [6.45, 7) is 1.05. The molecule has 25 heavy (non-hydrogen) atoms. The fourth-order valence-corrected chi connectivity index (χ4v) is 2.74. The number of rotatable bonds is 4. The molecule has 0 unspecified atom stereocenters. The van der Waals surface area contributed by atoms with Crippen molar-refractivity contribution in [2.45, 2.75) is 18.9 Å². The van der Waals surface area contributed by atoms with Crippen molar-refractivity contribution in [1.29, 1.82) is 0 Å². The topological polar surface area (TPSA) is 113 Å². The van der Waals surface area contributed by atoms with Crippen molar-refractivity contribution in [2.75, 3.05) is 13.1 Å². The Labute approximate surface area is 143 Å². The summed E-state index contributed by atoms with van der Waals surface area (Å²) in [7, 11) is 0. The molecule has 0 aromatic carbocycles. The maximum Gasteiger partial charge on any atom is 0.354 e. The molecule has 3 rings (SSSR count). The van der Waals surface area contributed by atoms with Crippen molar-refractivity contribution in [2.24, 2.45) is 0 Å². The van der Waals surface area contributed by atoms with Crippen LogP contribution in [0.1, 0.15) is 44.2 Å². The summed E-state index contributed by atoms with van der Waals surface area (Å²) in [5.74, 6) is -1.68. The minimum Gasteiger partial charge on any atom is -0.477 e. The molecular formula is C17H17N3O5. The zero-order valence-corrected chi connectivity index (χ0v) is 13.3. The number of carboxylic acid groups (broad SMARTS) is 1. The van der Waals surface area contributed by atoms with Gasteiger partial charge in [-0.3, -0.25) is 9.59 Å². The fraction of sp³-hybridized carbons (Fsp3) is 0.294. The Morgan fingerprint density at radius 2 is 1.88 bits per heavy atom. The van der Waals surface area contributed by atoms with Gasteiger partial charge in [0.15, 0.2) is 0 Å². The number of likely N-dealkylation sites (tertiary alicyclic amines) is 1. The Morgan fingerprint density at radius 3 is 2.52 bits per heavy atom. The van der Waals surface area contributed by atoms with Gasteiger partial charge in [0.05, 0.1) is 11.8 Å². The first-order valence-electron chi connectivity index (χ1n) is 7.87. The number of aromatic carboxylic acids is 1. The molecule has 1 fully saturated rings. The quantitative estimate of drug-likeness (QED) is 0.868. The minimum absolute atomic E-state index is 0.0665. The third-order valence-electron chi connectivity index (χ3n) is 4.09. The number of hydrogen-bond acceptors (Lipinski definition) is 5. The third-order valence-corrected chi connectivity index (χ3v) is 4.09. The monoisotopic (exact) mass is 343 g/mol. The molecule has 3 heterocycles. The van der Waals surface area contributed by atoms with Crippen LogP contribution in [0.5, 0.6) is 0 Å². The summed E-state index contributed by atoms with van der Waals surface area (Å²) in [6.07, 6.45) is 4.11. The predicted molar refractivity (Wildman–Crippen MR) is 86.3 cm³/mol. The molecule has 0 spiro atoms. The van der Waals surface area contributed by atoms with Gasteiger partial charge < -0.3 is 19.7 Å². The standard InChI is InChI=1S/C17H17N3O5/c21-15(13-2-1-3-14(19-13)17(23)24)18-12-4-7-20(8-5-12)16(22)11-6-9-25-10-11/h1-3,6,9-10,12H,4-5,7-8H2,(H,18,21)(H,23,24). The van der Waals surface area contributed by atoms with Crippen molar-refractivity contribution in [3.05, 3.63) is 53.7 Å². The second-order valence-electron chi connectivity index (χ2n) is 5.77. The van der Waals surface area contributed by atoms with Gasteiger partial charge in [0.25, 0.3) is 11.8 Å². The summed E-state index contributed by atoms with van der Waals surface area (Å²) in [6, 6.07) is 5.82. The number of amides is 2. The lowest BCUT2D eigenvalue weighted by molar-refractivity contribution is 0.0685. The van der Waals surface area contributed by atoms with Crippen LogP contribution in [0.4, 0.5) is 0 Å². The van der Waals surface area contributed by atoms with Crippen molar-refractivity contribution in [1.82, 2.24) is 15.2 Å². The van der Waals surface area contributed by atoms with Gasteiger partial charge >= 0.3 is 5.97 Å². The van der Waals surface area contributed by atoms with E-state index in [2.05, 4.69) is 10.3 Å². The van der Waals surface area contributed by atoms with Gasteiger partial charge in [-0.15, -0.1) is 0 Å². The Morgan fingerprint density at radius 1 is 1.16 bits per heavy atom. The molecule has 0 atom stereocenters. The number of piperidine rings is 1.